The van der Waals surface area contributed by atoms with Crippen molar-refractivity contribution in [2.75, 3.05) is 4.72 Å². The highest BCUT2D eigenvalue weighted by atomic mass is 35.5. The molecule has 0 saturated carbocycles. The molecule has 1 N–H and O–H groups in total. The van der Waals surface area contributed by atoms with Gasteiger partial charge in [-0.25, -0.2) is 8.42 Å². The molecule has 12 heteroatoms. The third kappa shape index (κ3) is 4.02. The SMILES string of the molecule is O=S(=O)(c1ccccc1Cl)c1cc(Cl)ccc1NS(=O)(=O)C(F)(F)F. The highest BCUT2D eigenvalue weighted by molar-refractivity contribution is 7.94. The number of sulfone groups is 1. The van der Waals surface area contributed by atoms with Crippen molar-refractivity contribution in [3.05, 3.63) is 52.5 Å². The summed E-state index contributed by atoms with van der Waals surface area (Å²) in [6.45, 7) is 0. The summed E-state index contributed by atoms with van der Waals surface area (Å²) in [6.07, 6.45) is 0. The van der Waals surface area contributed by atoms with Crippen molar-refractivity contribution in [1.29, 1.82) is 0 Å². The van der Waals surface area contributed by atoms with E-state index in [4.69, 9.17) is 23.2 Å². The van der Waals surface area contributed by atoms with Gasteiger partial charge in [0.15, 0.2) is 0 Å². The van der Waals surface area contributed by atoms with Gasteiger partial charge < -0.3 is 0 Å². The summed E-state index contributed by atoms with van der Waals surface area (Å²) < 4.78 is 86.9. The molecule has 0 unspecified atom stereocenters. The highest BCUT2D eigenvalue weighted by Crippen LogP contribution is 2.35. The predicted molar refractivity (Wildman–Crippen MR) is 87.0 cm³/mol. The Balaban J connectivity index is 2.67. The minimum absolute atomic E-state index is 0.124. The van der Waals surface area contributed by atoms with E-state index in [0.717, 1.165) is 24.3 Å². The topological polar surface area (TPSA) is 80.3 Å². The van der Waals surface area contributed by atoms with Gasteiger partial charge >= 0.3 is 15.5 Å². The lowest BCUT2D eigenvalue weighted by molar-refractivity contribution is -0.0429. The summed E-state index contributed by atoms with van der Waals surface area (Å²) in [5.74, 6) is 0. The molecule has 0 aliphatic heterocycles. The third-order valence-corrected chi connectivity index (χ3v) is 6.53. The summed E-state index contributed by atoms with van der Waals surface area (Å²) in [6, 6.07) is 7.87. The van der Waals surface area contributed by atoms with Crippen LogP contribution in [0.25, 0.3) is 0 Å². The van der Waals surface area contributed by atoms with Gasteiger partial charge in [0.05, 0.1) is 20.5 Å². The van der Waals surface area contributed by atoms with Gasteiger partial charge in [0.1, 0.15) is 0 Å². The van der Waals surface area contributed by atoms with Crippen molar-refractivity contribution in [2.45, 2.75) is 15.3 Å². The molecule has 0 bridgehead atoms. The third-order valence-electron chi connectivity index (χ3n) is 2.91. The second-order valence-corrected chi connectivity index (χ2v) is 9.03. The van der Waals surface area contributed by atoms with E-state index in [1.54, 1.807) is 0 Å². The van der Waals surface area contributed by atoms with E-state index in [2.05, 4.69) is 0 Å². The monoisotopic (exact) mass is 433 g/mol. The van der Waals surface area contributed by atoms with E-state index in [0.29, 0.717) is 0 Å². The van der Waals surface area contributed by atoms with Crippen LogP contribution in [0.2, 0.25) is 10.0 Å². The number of benzene rings is 2. The number of sulfonamides is 1. The molecule has 0 atom stereocenters. The van der Waals surface area contributed by atoms with Gasteiger partial charge in [-0.3, -0.25) is 4.72 Å². The molecule has 0 aromatic heterocycles. The highest BCUT2D eigenvalue weighted by Gasteiger charge is 2.46. The maximum absolute atomic E-state index is 12.7. The zero-order valence-corrected chi connectivity index (χ0v) is 15.0. The van der Waals surface area contributed by atoms with Crippen molar-refractivity contribution >= 4 is 48.7 Å². The summed E-state index contributed by atoms with van der Waals surface area (Å²) in [5, 5.41) is -0.312. The first kappa shape index (κ1) is 19.8. The predicted octanol–water partition coefficient (Wildman–Crippen LogP) is 4.09. The Morgan fingerprint density at radius 2 is 1.48 bits per heavy atom. The minimum Gasteiger partial charge on any atom is -0.275 e. The molecule has 0 fully saturated rings. The van der Waals surface area contributed by atoms with Crippen molar-refractivity contribution in [2.24, 2.45) is 0 Å². The Hall–Kier alpha value is -1.49. The van der Waals surface area contributed by atoms with Gasteiger partial charge in [-0.2, -0.15) is 21.6 Å². The van der Waals surface area contributed by atoms with Gasteiger partial charge in [0, 0.05) is 5.02 Å². The van der Waals surface area contributed by atoms with Crippen LogP contribution in [-0.4, -0.2) is 22.3 Å². The number of alkyl halides is 3. The number of halogens is 5. The lowest BCUT2D eigenvalue weighted by Gasteiger charge is -2.15. The molecule has 0 aliphatic rings. The van der Waals surface area contributed by atoms with Crippen molar-refractivity contribution < 1.29 is 30.0 Å². The number of nitrogens with one attached hydrogen (secondary N) is 1. The lowest BCUT2D eigenvalue weighted by Crippen LogP contribution is -2.30. The van der Waals surface area contributed by atoms with E-state index < -0.39 is 40.8 Å². The first-order valence-corrected chi connectivity index (χ1v) is 9.97. The smallest absolute Gasteiger partial charge is 0.275 e. The summed E-state index contributed by atoms with van der Waals surface area (Å²) in [5.41, 5.74) is -6.43. The van der Waals surface area contributed by atoms with E-state index in [-0.39, 0.29) is 10.0 Å². The van der Waals surface area contributed by atoms with Crippen LogP contribution in [0, 0.1) is 0 Å². The number of hydrogen-bond donors (Lipinski definition) is 1. The molecule has 0 saturated heterocycles. The summed E-state index contributed by atoms with van der Waals surface area (Å²) in [7, 11) is -10.3. The fourth-order valence-electron chi connectivity index (χ4n) is 1.79. The second kappa shape index (κ2) is 6.67. The van der Waals surface area contributed by atoms with Crippen molar-refractivity contribution in [1.82, 2.24) is 0 Å². The van der Waals surface area contributed by atoms with Crippen molar-refractivity contribution in [3.8, 4) is 0 Å². The molecule has 0 heterocycles. The van der Waals surface area contributed by atoms with Gasteiger partial charge in [0.2, 0.25) is 9.84 Å². The quantitative estimate of drug-likeness (QED) is 0.787. The molecule has 2 aromatic carbocycles. The molecule has 0 spiro atoms. The minimum atomic E-state index is -5.83. The van der Waals surface area contributed by atoms with Crippen LogP contribution in [0.15, 0.2) is 52.3 Å². The zero-order chi connectivity index (χ0) is 19.0. The first-order chi connectivity index (χ1) is 11.4. The Labute approximate surface area is 151 Å². The average molecular weight is 434 g/mol. The fraction of sp³-hybridized carbons (Fsp3) is 0.0769. The molecule has 0 radical (unpaired) electrons. The van der Waals surface area contributed by atoms with E-state index in [1.165, 1.54) is 22.9 Å². The molecule has 2 rings (SSSR count). The largest absolute Gasteiger partial charge is 0.516 e. The number of anilines is 1. The van der Waals surface area contributed by atoms with Crippen LogP contribution in [0.4, 0.5) is 18.9 Å². The van der Waals surface area contributed by atoms with Crippen molar-refractivity contribution in [3.63, 3.8) is 0 Å². The molecule has 0 amide bonds. The zero-order valence-electron chi connectivity index (χ0n) is 11.9. The maximum Gasteiger partial charge on any atom is 0.516 e. The summed E-state index contributed by atoms with van der Waals surface area (Å²) in [4.78, 5) is -1.17. The summed E-state index contributed by atoms with van der Waals surface area (Å²) >= 11 is 11.5. The second-order valence-electron chi connectivity index (χ2n) is 4.63. The van der Waals surface area contributed by atoms with Crippen LogP contribution >= 0.6 is 23.2 Å². The Bertz CT molecular complexity index is 1020. The van der Waals surface area contributed by atoms with Crippen LogP contribution < -0.4 is 4.72 Å². The average Bonchev–Trinajstić information content (AvgIpc) is 2.48. The standard InChI is InChI=1S/C13H8Cl2F3NO4S2/c14-8-5-6-10(19-25(22,23)13(16,17)18)12(7-8)24(20,21)11-4-2-1-3-9(11)15/h1-7,19H. The van der Waals surface area contributed by atoms with Crippen LogP contribution in [0.5, 0.6) is 0 Å². The molecule has 2 aromatic rings. The Morgan fingerprint density at radius 3 is 2.04 bits per heavy atom. The molecular formula is C13H8Cl2F3NO4S2. The molecule has 136 valence electrons. The number of rotatable bonds is 4. The molecular weight excluding hydrogens is 426 g/mol. The molecule has 0 aliphatic carbocycles. The van der Waals surface area contributed by atoms with Gasteiger partial charge in [0.25, 0.3) is 0 Å². The van der Waals surface area contributed by atoms with E-state index >= 15 is 0 Å². The lowest BCUT2D eigenvalue weighted by atomic mass is 10.3. The van der Waals surface area contributed by atoms with E-state index in [1.807, 2.05) is 0 Å². The molecule has 25 heavy (non-hydrogen) atoms. The Kier molecular flexibility index (Phi) is 5.29. The fourth-order valence-corrected chi connectivity index (χ4v) is 4.62. The Morgan fingerprint density at radius 1 is 0.880 bits per heavy atom. The molecule has 5 nitrogen and oxygen atoms in total. The van der Waals surface area contributed by atoms with Gasteiger partial charge in [-0.05, 0) is 30.3 Å². The van der Waals surface area contributed by atoms with Gasteiger partial charge in [-0.1, -0.05) is 35.3 Å². The maximum atomic E-state index is 12.7. The van der Waals surface area contributed by atoms with E-state index in [9.17, 15) is 30.0 Å². The van der Waals surface area contributed by atoms with Gasteiger partial charge in [-0.15, -0.1) is 0 Å². The number of hydrogen-bond acceptors (Lipinski definition) is 4. The van der Waals surface area contributed by atoms with Crippen LogP contribution in [0.3, 0.4) is 0 Å². The van der Waals surface area contributed by atoms with Crippen LogP contribution in [-0.2, 0) is 19.9 Å². The normalized spacial score (nSPS) is 12.8. The first-order valence-electron chi connectivity index (χ1n) is 6.24. The van der Waals surface area contributed by atoms with Crippen LogP contribution in [0.1, 0.15) is 0 Å².